The normalized spacial score (nSPS) is 13.0. The lowest BCUT2D eigenvalue weighted by Gasteiger charge is -2.13. The van der Waals surface area contributed by atoms with Gasteiger partial charge in [0.25, 0.3) is 11.8 Å². The highest BCUT2D eigenvalue weighted by Gasteiger charge is 2.38. The lowest BCUT2D eigenvalue weighted by molar-refractivity contribution is -0.167. The molecule has 7 nitrogen and oxygen atoms in total. The van der Waals surface area contributed by atoms with Crippen LogP contribution in [0.1, 0.15) is 26.4 Å². The fourth-order valence-electron chi connectivity index (χ4n) is 2.26. The van der Waals surface area contributed by atoms with Crippen LogP contribution >= 0.6 is 0 Å². The number of benzene rings is 1. The van der Waals surface area contributed by atoms with Crippen molar-refractivity contribution in [1.82, 2.24) is 10.0 Å². The third kappa shape index (κ3) is 2.64. The fourth-order valence-corrected chi connectivity index (χ4v) is 2.26. The number of fused-ring (bicyclic) bond motifs is 1. The summed E-state index contributed by atoms with van der Waals surface area (Å²) in [5, 5.41) is 0.475. The molecule has 0 atom stereocenters. The average molecular weight is 312 g/mol. The number of hydrogen-bond acceptors (Lipinski definition) is 6. The molecule has 0 radical (unpaired) electrons. The molecular formula is C16H12N2O5. The number of carbonyl (C=O) groups is 3. The van der Waals surface area contributed by atoms with Crippen LogP contribution in [-0.4, -0.2) is 34.9 Å². The van der Waals surface area contributed by atoms with Crippen LogP contribution < -0.4 is 4.74 Å². The van der Waals surface area contributed by atoms with Crippen molar-refractivity contribution in [2.75, 3.05) is 7.11 Å². The van der Waals surface area contributed by atoms with Crippen LogP contribution in [0.4, 0.5) is 0 Å². The van der Waals surface area contributed by atoms with Crippen molar-refractivity contribution in [3.8, 4) is 5.75 Å². The van der Waals surface area contributed by atoms with Gasteiger partial charge in [0, 0.05) is 6.20 Å². The average Bonchev–Trinajstić information content (AvgIpc) is 2.81. The first-order valence-corrected chi connectivity index (χ1v) is 6.78. The topological polar surface area (TPSA) is 85.8 Å². The Morgan fingerprint density at radius 3 is 2.35 bits per heavy atom. The van der Waals surface area contributed by atoms with Crippen molar-refractivity contribution in [3.63, 3.8) is 0 Å². The van der Waals surface area contributed by atoms with Gasteiger partial charge in [0.15, 0.2) is 0 Å². The van der Waals surface area contributed by atoms with Gasteiger partial charge in [-0.05, 0) is 24.3 Å². The molecule has 1 aliphatic rings. The van der Waals surface area contributed by atoms with Crippen molar-refractivity contribution >= 4 is 17.8 Å². The summed E-state index contributed by atoms with van der Waals surface area (Å²) in [4.78, 5) is 45.2. The second-order valence-electron chi connectivity index (χ2n) is 4.74. The number of methoxy groups -OCH3 is 1. The zero-order valence-electron chi connectivity index (χ0n) is 12.2. The monoisotopic (exact) mass is 312 g/mol. The second-order valence-corrected chi connectivity index (χ2v) is 4.74. The molecule has 0 spiro atoms. The largest absolute Gasteiger partial charge is 0.495 e. The van der Waals surface area contributed by atoms with Gasteiger partial charge in [0.1, 0.15) is 5.75 Å². The Morgan fingerprint density at radius 1 is 1.09 bits per heavy atom. The smallest absolute Gasteiger partial charge is 0.339 e. The predicted molar refractivity (Wildman–Crippen MR) is 77.5 cm³/mol. The zero-order chi connectivity index (χ0) is 16.4. The minimum absolute atomic E-state index is 0.209. The van der Waals surface area contributed by atoms with Gasteiger partial charge in [-0.15, -0.1) is 0 Å². The molecular weight excluding hydrogens is 300 g/mol. The summed E-state index contributed by atoms with van der Waals surface area (Å²) in [6, 6.07) is 9.59. The van der Waals surface area contributed by atoms with E-state index in [1.165, 1.54) is 25.4 Å². The third-order valence-electron chi connectivity index (χ3n) is 3.33. The first kappa shape index (κ1) is 14.7. The van der Waals surface area contributed by atoms with Gasteiger partial charge in [-0.1, -0.05) is 17.2 Å². The van der Waals surface area contributed by atoms with Crippen molar-refractivity contribution < 1.29 is 24.0 Å². The Bertz CT molecular complexity index is 768. The highest BCUT2D eigenvalue weighted by atomic mass is 16.7. The molecule has 0 bridgehead atoms. The van der Waals surface area contributed by atoms with Crippen LogP contribution in [-0.2, 0) is 16.1 Å². The van der Waals surface area contributed by atoms with E-state index in [-0.39, 0.29) is 17.5 Å². The van der Waals surface area contributed by atoms with Gasteiger partial charge < -0.3 is 9.57 Å². The third-order valence-corrected chi connectivity index (χ3v) is 3.33. The number of carbonyl (C=O) groups excluding carboxylic acids is 3. The molecule has 0 unspecified atom stereocenters. The molecule has 7 heteroatoms. The highest BCUT2D eigenvalue weighted by molar-refractivity contribution is 6.20. The van der Waals surface area contributed by atoms with Crippen molar-refractivity contribution in [3.05, 3.63) is 59.4 Å². The molecule has 0 saturated carbocycles. The molecule has 1 aromatic carbocycles. The van der Waals surface area contributed by atoms with Gasteiger partial charge in [-0.3, -0.25) is 14.6 Å². The summed E-state index contributed by atoms with van der Waals surface area (Å²) in [7, 11) is 1.45. The number of aromatic nitrogens is 1. The summed E-state index contributed by atoms with van der Waals surface area (Å²) in [6.45, 7) is 0. The number of hydrogen-bond donors (Lipinski definition) is 0. The van der Waals surface area contributed by atoms with E-state index in [2.05, 4.69) is 4.98 Å². The number of amides is 2. The fraction of sp³-hybridized carbons (Fsp3) is 0.125. The molecule has 2 aromatic rings. The van der Waals surface area contributed by atoms with Crippen LogP contribution in [0.3, 0.4) is 0 Å². The van der Waals surface area contributed by atoms with Gasteiger partial charge in [0.2, 0.25) is 0 Å². The standard InChI is InChI=1S/C16H12N2O5/c1-22-13-7-4-8-17-12(13)9-14(19)23-18-15(20)10-5-2-3-6-11(10)16(18)21/h2-8H,9H2,1H3. The van der Waals surface area contributed by atoms with Gasteiger partial charge in [0.05, 0.1) is 30.4 Å². The molecule has 0 aliphatic carbocycles. The summed E-state index contributed by atoms with van der Waals surface area (Å²) < 4.78 is 5.09. The molecule has 3 rings (SSSR count). The highest BCUT2D eigenvalue weighted by Crippen LogP contribution is 2.23. The first-order chi connectivity index (χ1) is 11.1. The maximum atomic E-state index is 12.1. The second kappa shape index (κ2) is 5.88. The summed E-state index contributed by atoms with van der Waals surface area (Å²) in [6.07, 6.45) is 1.28. The van der Waals surface area contributed by atoms with Crippen molar-refractivity contribution in [2.45, 2.75) is 6.42 Å². The Balaban J connectivity index is 1.74. The molecule has 1 aromatic heterocycles. The quantitative estimate of drug-likeness (QED) is 0.793. The maximum absolute atomic E-state index is 12.1. The van der Waals surface area contributed by atoms with E-state index in [0.29, 0.717) is 16.5 Å². The molecule has 0 saturated heterocycles. The molecule has 116 valence electrons. The minimum Gasteiger partial charge on any atom is -0.495 e. The molecule has 0 N–H and O–H groups in total. The van der Waals surface area contributed by atoms with Crippen LogP contribution in [0, 0.1) is 0 Å². The van der Waals surface area contributed by atoms with Crippen LogP contribution in [0.5, 0.6) is 5.75 Å². The number of imide groups is 1. The lowest BCUT2D eigenvalue weighted by Crippen LogP contribution is -2.33. The number of ether oxygens (including phenoxy) is 1. The first-order valence-electron chi connectivity index (χ1n) is 6.78. The summed E-state index contributed by atoms with van der Waals surface area (Å²) in [5.74, 6) is -1.68. The molecule has 2 amide bonds. The van der Waals surface area contributed by atoms with E-state index in [4.69, 9.17) is 9.57 Å². The molecule has 0 fully saturated rings. The van der Waals surface area contributed by atoms with Gasteiger partial charge in [-0.2, -0.15) is 0 Å². The zero-order valence-corrected chi connectivity index (χ0v) is 12.2. The van der Waals surface area contributed by atoms with Crippen LogP contribution in [0.25, 0.3) is 0 Å². The maximum Gasteiger partial charge on any atom is 0.339 e. The van der Waals surface area contributed by atoms with Crippen molar-refractivity contribution in [2.24, 2.45) is 0 Å². The van der Waals surface area contributed by atoms with Gasteiger partial charge >= 0.3 is 5.97 Å². The van der Waals surface area contributed by atoms with Gasteiger partial charge in [-0.25, -0.2) is 4.79 Å². The van der Waals surface area contributed by atoms with E-state index in [1.807, 2.05) is 0 Å². The Kier molecular flexibility index (Phi) is 3.76. The molecule has 1 aliphatic heterocycles. The molecule has 2 heterocycles. The summed E-state index contributed by atoms with van der Waals surface area (Å²) >= 11 is 0. The van der Waals surface area contributed by atoms with Crippen LogP contribution in [0.15, 0.2) is 42.6 Å². The van der Waals surface area contributed by atoms with E-state index < -0.39 is 17.8 Å². The Labute approximate surface area is 131 Å². The molecule has 23 heavy (non-hydrogen) atoms. The van der Waals surface area contributed by atoms with E-state index in [1.54, 1.807) is 24.3 Å². The Morgan fingerprint density at radius 2 is 1.74 bits per heavy atom. The number of rotatable bonds is 4. The Hall–Kier alpha value is -3.22. The SMILES string of the molecule is COc1cccnc1CC(=O)ON1C(=O)c2ccccc2C1=O. The summed E-state index contributed by atoms with van der Waals surface area (Å²) in [5.41, 5.74) is 0.776. The lowest BCUT2D eigenvalue weighted by atomic mass is 10.1. The number of pyridine rings is 1. The predicted octanol–water partition coefficient (Wildman–Crippen LogP) is 1.39. The van der Waals surface area contributed by atoms with Crippen LogP contribution in [0.2, 0.25) is 0 Å². The van der Waals surface area contributed by atoms with Crippen molar-refractivity contribution in [1.29, 1.82) is 0 Å². The van der Waals surface area contributed by atoms with E-state index >= 15 is 0 Å². The number of hydroxylamine groups is 2. The minimum atomic E-state index is -0.781. The van der Waals surface area contributed by atoms with E-state index in [0.717, 1.165) is 0 Å². The number of nitrogens with zero attached hydrogens (tertiary/aromatic N) is 2. The van der Waals surface area contributed by atoms with E-state index in [9.17, 15) is 14.4 Å².